The molecule has 0 saturated heterocycles. The number of ketones is 1. The SMILES string of the molecule is CC1(C(=O)c2ccccc2C(F)(F)F)CCCC1N. The van der Waals surface area contributed by atoms with E-state index in [0.717, 1.165) is 12.5 Å². The van der Waals surface area contributed by atoms with Gasteiger partial charge in [0.05, 0.1) is 5.56 Å². The van der Waals surface area contributed by atoms with E-state index in [1.165, 1.54) is 18.2 Å². The third-order valence-electron chi connectivity index (χ3n) is 4.03. The highest BCUT2D eigenvalue weighted by atomic mass is 19.4. The minimum atomic E-state index is -4.52. The molecule has 2 unspecified atom stereocenters. The van der Waals surface area contributed by atoms with Gasteiger partial charge in [-0.2, -0.15) is 13.2 Å². The highest BCUT2D eigenvalue weighted by Crippen LogP contribution is 2.42. The molecule has 1 aliphatic rings. The van der Waals surface area contributed by atoms with Crippen molar-refractivity contribution >= 4 is 5.78 Å². The Morgan fingerprint density at radius 3 is 2.53 bits per heavy atom. The zero-order valence-electron chi connectivity index (χ0n) is 10.6. The first kappa shape index (κ1) is 14.1. The van der Waals surface area contributed by atoms with Crippen LogP contribution >= 0.6 is 0 Å². The number of carbonyl (C=O) groups excluding carboxylic acids is 1. The Morgan fingerprint density at radius 1 is 1.37 bits per heavy atom. The molecule has 0 heterocycles. The van der Waals surface area contributed by atoms with Crippen LogP contribution in [-0.4, -0.2) is 11.8 Å². The Bertz CT molecular complexity index is 498. The van der Waals surface area contributed by atoms with Crippen molar-refractivity contribution in [2.75, 3.05) is 0 Å². The fourth-order valence-electron chi connectivity index (χ4n) is 2.71. The molecule has 1 aromatic carbocycles. The van der Waals surface area contributed by atoms with Gasteiger partial charge in [0.1, 0.15) is 0 Å². The predicted octanol–water partition coefficient (Wildman–Crippen LogP) is 3.41. The molecule has 2 N–H and O–H groups in total. The molecule has 104 valence electrons. The molecule has 0 radical (unpaired) electrons. The van der Waals surface area contributed by atoms with Gasteiger partial charge in [0.25, 0.3) is 0 Å². The monoisotopic (exact) mass is 271 g/mol. The van der Waals surface area contributed by atoms with E-state index >= 15 is 0 Å². The topological polar surface area (TPSA) is 43.1 Å². The van der Waals surface area contributed by atoms with Crippen LogP contribution in [0, 0.1) is 5.41 Å². The minimum Gasteiger partial charge on any atom is -0.327 e. The van der Waals surface area contributed by atoms with Crippen LogP contribution in [0.3, 0.4) is 0 Å². The fourth-order valence-corrected chi connectivity index (χ4v) is 2.71. The number of alkyl halides is 3. The van der Waals surface area contributed by atoms with Crippen LogP contribution in [0.1, 0.15) is 42.1 Å². The van der Waals surface area contributed by atoms with Crippen molar-refractivity contribution in [2.24, 2.45) is 11.1 Å². The molecule has 0 bridgehead atoms. The minimum absolute atomic E-state index is 0.269. The van der Waals surface area contributed by atoms with Crippen molar-refractivity contribution < 1.29 is 18.0 Å². The van der Waals surface area contributed by atoms with Gasteiger partial charge >= 0.3 is 6.18 Å². The third kappa shape index (κ3) is 2.39. The zero-order valence-corrected chi connectivity index (χ0v) is 10.6. The Morgan fingerprint density at radius 2 is 2.00 bits per heavy atom. The van der Waals surface area contributed by atoms with Gasteiger partial charge in [0.15, 0.2) is 5.78 Å². The van der Waals surface area contributed by atoms with E-state index < -0.39 is 22.9 Å². The lowest BCUT2D eigenvalue weighted by Crippen LogP contribution is -2.41. The lowest BCUT2D eigenvalue weighted by atomic mass is 9.77. The smallest absolute Gasteiger partial charge is 0.327 e. The van der Waals surface area contributed by atoms with E-state index in [1.54, 1.807) is 6.92 Å². The van der Waals surface area contributed by atoms with Gasteiger partial charge in [-0.25, -0.2) is 0 Å². The molecule has 2 rings (SSSR count). The zero-order chi connectivity index (χ0) is 14.3. The molecule has 0 aromatic heterocycles. The average molecular weight is 271 g/mol. The Kier molecular flexibility index (Phi) is 3.43. The van der Waals surface area contributed by atoms with Crippen LogP contribution in [0.4, 0.5) is 13.2 Å². The van der Waals surface area contributed by atoms with Crippen LogP contribution in [0.5, 0.6) is 0 Å². The molecule has 1 aliphatic carbocycles. The summed E-state index contributed by atoms with van der Waals surface area (Å²) >= 11 is 0. The van der Waals surface area contributed by atoms with Crippen LogP contribution < -0.4 is 5.73 Å². The summed E-state index contributed by atoms with van der Waals surface area (Å²) in [6, 6.07) is 4.54. The van der Waals surface area contributed by atoms with Crippen LogP contribution in [0.25, 0.3) is 0 Å². The summed E-state index contributed by atoms with van der Waals surface area (Å²) in [5.41, 5.74) is 3.88. The van der Waals surface area contributed by atoms with Crippen molar-refractivity contribution in [1.82, 2.24) is 0 Å². The Hall–Kier alpha value is -1.36. The van der Waals surface area contributed by atoms with Gasteiger partial charge in [-0.1, -0.05) is 31.5 Å². The summed E-state index contributed by atoms with van der Waals surface area (Å²) in [6.07, 6.45) is -2.53. The maximum atomic E-state index is 12.9. The predicted molar refractivity (Wildman–Crippen MR) is 65.7 cm³/mol. The highest BCUT2D eigenvalue weighted by molar-refractivity contribution is 6.02. The van der Waals surface area contributed by atoms with E-state index in [-0.39, 0.29) is 11.6 Å². The van der Waals surface area contributed by atoms with Gasteiger partial charge in [-0.15, -0.1) is 0 Å². The van der Waals surface area contributed by atoms with E-state index in [0.29, 0.717) is 12.8 Å². The van der Waals surface area contributed by atoms with Gasteiger partial charge in [0, 0.05) is 17.0 Å². The molecular formula is C14H16F3NO. The van der Waals surface area contributed by atoms with Crippen LogP contribution in [0.2, 0.25) is 0 Å². The molecule has 0 aliphatic heterocycles. The summed E-state index contributed by atoms with van der Waals surface area (Å²) in [5, 5.41) is 0. The first-order valence-corrected chi connectivity index (χ1v) is 6.23. The number of hydrogen-bond acceptors (Lipinski definition) is 2. The molecule has 19 heavy (non-hydrogen) atoms. The first-order chi connectivity index (χ1) is 8.77. The number of rotatable bonds is 2. The number of benzene rings is 1. The van der Waals surface area contributed by atoms with Gasteiger partial charge in [-0.05, 0) is 18.9 Å². The number of nitrogens with two attached hydrogens (primary N) is 1. The quantitative estimate of drug-likeness (QED) is 0.838. The third-order valence-corrected chi connectivity index (χ3v) is 4.03. The number of halogens is 3. The van der Waals surface area contributed by atoms with Crippen LogP contribution in [0.15, 0.2) is 24.3 Å². The van der Waals surface area contributed by atoms with Gasteiger partial charge in [-0.3, -0.25) is 4.79 Å². The summed E-state index contributed by atoms with van der Waals surface area (Å²) in [4.78, 5) is 12.5. The molecule has 1 saturated carbocycles. The Balaban J connectivity index is 2.46. The molecule has 5 heteroatoms. The van der Waals surface area contributed by atoms with E-state index in [2.05, 4.69) is 0 Å². The molecule has 0 amide bonds. The lowest BCUT2D eigenvalue weighted by Gasteiger charge is -2.28. The van der Waals surface area contributed by atoms with Crippen molar-refractivity contribution in [3.05, 3.63) is 35.4 Å². The second kappa shape index (κ2) is 4.63. The average Bonchev–Trinajstić information content (AvgIpc) is 2.69. The standard InChI is InChI=1S/C14H16F3NO/c1-13(8-4-7-11(13)18)12(19)9-5-2-3-6-10(9)14(15,16)17/h2-3,5-6,11H,4,7-8,18H2,1H3. The highest BCUT2D eigenvalue weighted by Gasteiger charge is 2.46. The maximum absolute atomic E-state index is 12.9. The molecule has 2 atom stereocenters. The molecule has 1 aromatic rings. The molecule has 0 spiro atoms. The second-order valence-corrected chi connectivity index (χ2v) is 5.29. The molecule has 2 nitrogen and oxygen atoms in total. The maximum Gasteiger partial charge on any atom is 0.417 e. The van der Waals surface area contributed by atoms with Crippen molar-refractivity contribution in [1.29, 1.82) is 0 Å². The van der Waals surface area contributed by atoms with Crippen molar-refractivity contribution in [3.8, 4) is 0 Å². The summed E-state index contributed by atoms with van der Waals surface area (Å²) in [7, 11) is 0. The summed E-state index contributed by atoms with van der Waals surface area (Å²) in [5.74, 6) is -0.495. The second-order valence-electron chi connectivity index (χ2n) is 5.29. The van der Waals surface area contributed by atoms with Gasteiger partial charge in [0.2, 0.25) is 0 Å². The van der Waals surface area contributed by atoms with Crippen LogP contribution in [-0.2, 0) is 6.18 Å². The number of Topliss-reactive ketones (excluding diaryl/α,β-unsaturated/α-hetero) is 1. The van der Waals surface area contributed by atoms with E-state index in [9.17, 15) is 18.0 Å². The molecular weight excluding hydrogens is 255 g/mol. The largest absolute Gasteiger partial charge is 0.417 e. The number of carbonyl (C=O) groups is 1. The lowest BCUT2D eigenvalue weighted by molar-refractivity contribution is -0.138. The molecule has 1 fully saturated rings. The summed E-state index contributed by atoms with van der Waals surface area (Å²) in [6.45, 7) is 1.67. The fraction of sp³-hybridized carbons (Fsp3) is 0.500. The first-order valence-electron chi connectivity index (χ1n) is 6.23. The van der Waals surface area contributed by atoms with E-state index in [1.807, 2.05) is 0 Å². The van der Waals surface area contributed by atoms with Gasteiger partial charge < -0.3 is 5.73 Å². The summed E-state index contributed by atoms with van der Waals surface area (Å²) < 4.78 is 38.8. The number of hydrogen-bond donors (Lipinski definition) is 1. The normalized spacial score (nSPS) is 27.5. The van der Waals surface area contributed by atoms with E-state index in [4.69, 9.17) is 5.73 Å². The van der Waals surface area contributed by atoms with Crippen molar-refractivity contribution in [3.63, 3.8) is 0 Å². The van der Waals surface area contributed by atoms with Crippen molar-refractivity contribution in [2.45, 2.75) is 38.4 Å². The Labute approximate surface area is 109 Å².